The first kappa shape index (κ1) is 14.7. The van der Waals surface area contributed by atoms with Crippen LogP contribution in [0.1, 0.15) is 31.6 Å². The molecule has 0 saturated carbocycles. The Kier molecular flexibility index (Phi) is 4.89. The molecule has 0 amide bonds. The third kappa shape index (κ3) is 3.66. The van der Waals surface area contributed by atoms with E-state index >= 15 is 0 Å². The molecule has 0 aliphatic heterocycles. The maximum atomic E-state index is 10.5. The largest absolute Gasteiger partial charge is 0.481 e. The van der Waals surface area contributed by atoms with Crippen molar-refractivity contribution < 1.29 is 9.90 Å². The van der Waals surface area contributed by atoms with E-state index in [4.69, 9.17) is 5.11 Å². The van der Waals surface area contributed by atoms with Crippen LogP contribution in [-0.2, 0) is 11.2 Å². The Hall–Kier alpha value is -1.69. The van der Waals surface area contributed by atoms with Crippen molar-refractivity contribution in [1.82, 2.24) is 9.97 Å². The van der Waals surface area contributed by atoms with Crippen LogP contribution < -0.4 is 5.32 Å². The minimum atomic E-state index is -0.744. The number of hydrogen-bond donors (Lipinski definition) is 2. The monoisotopic (exact) mass is 293 g/mol. The number of aryl methyl sites for hydroxylation is 1. The Labute approximate surface area is 122 Å². The second-order valence-corrected chi connectivity index (χ2v) is 6.04. The number of carboxylic acid groups (broad SMARTS) is 1. The quantitative estimate of drug-likeness (QED) is 0.820. The van der Waals surface area contributed by atoms with Crippen molar-refractivity contribution in [2.75, 3.05) is 11.9 Å². The number of rotatable bonds is 7. The van der Waals surface area contributed by atoms with E-state index in [1.807, 2.05) is 6.92 Å². The van der Waals surface area contributed by atoms with E-state index in [2.05, 4.69) is 28.3 Å². The van der Waals surface area contributed by atoms with E-state index in [1.165, 1.54) is 4.88 Å². The summed E-state index contributed by atoms with van der Waals surface area (Å²) >= 11 is 1.69. The Morgan fingerprint density at radius 1 is 1.50 bits per heavy atom. The fourth-order valence-corrected chi connectivity index (χ4v) is 2.90. The molecule has 0 saturated heterocycles. The number of fused-ring (bicyclic) bond motifs is 1. The minimum Gasteiger partial charge on any atom is -0.481 e. The van der Waals surface area contributed by atoms with Gasteiger partial charge in [-0.05, 0) is 24.8 Å². The minimum absolute atomic E-state index is 0.209. The zero-order valence-electron chi connectivity index (χ0n) is 11.7. The predicted molar refractivity (Wildman–Crippen MR) is 81.3 cm³/mol. The number of carboxylic acids is 1. The lowest BCUT2D eigenvalue weighted by atomic mass is 10.1. The number of carbonyl (C=O) groups is 1. The van der Waals surface area contributed by atoms with Gasteiger partial charge in [-0.3, -0.25) is 4.79 Å². The highest BCUT2D eigenvalue weighted by Gasteiger charge is 2.10. The molecule has 20 heavy (non-hydrogen) atoms. The van der Waals surface area contributed by atoms with Gasteiger partial charge in [0.2, 0.25) is 0 Å². The predicted octanol–water partition coefficient (Wildman–Crippen LogP) is 3.17. The van der Waals surface area contributed by atoms with Gasteiger partial charge in [0.25, 0.3) is 0 Å². The van der Waals surface area contributed by atoms with Gasteiger partial charge in [0.05, 0.1) is 5.39 Å². The number of nitrogens with one attached hydrogen (secondary N) is 1. The van der Waals surface area contributed by atoms with Crippen LogP contribution in [0.4, 0.5) is 5.82 Å². The van der Waals surface area contributed by atoms with Crippen LogP contribution >= 0.6 is 11.3 Å². The lowest BCUT2D eigenvalue weighted by Crippen LogP contribution is -2.13. The maximum Gasteiger partial charge on any atom is 0.303 e. The molecule has 0 aliphatic carbocycles. The van der Waals surface area contributed by atoms with Crippen LogP contribution in [0.25, 0.3) is 10.2 Å². The molecule has 2 N–H and O–H groups in total. The zero-order chi connectivity index (χ0) is 14.5. The lowest BCUT2D eigenvalue weighted by molar-refractivity contribution is -0.137. The molecule has 0 spiro atoms. The van der Waals surface area contributed by atoms with Crippen molar-refractivity contribution in [1.29, 1.82) is 0 Å². The number of aliphatic carboxylic acids is 1. The standard InChI is InChI=1S/C14H19N3O2S/c1-3-10-6-11-13(16-8-17-14(11)20-10)15-7-9(2)4-5-12(18)19/h6,8-9H,3-5,7H2,1-2H3,(H,18,19)(H,15,16,17). The van der Waals surface area contributed by atoms with Crippen molar-refractivity contribution in [2.45, 2.75) is 33.1 Å². The van der Waals surface area contributed by atoms with E-state index < -0.39 is 5.97 Å². The third-order valence-electron chi connectivity index (χ3n) is 3.20. The van der Waals surface area contributed by atoms with E-state index in [0.29, 0.717) is 12.3 Å². The molecule has 2 aromatic rings. The van der Waals surface area contributed by atoms with Crippen molar-refractivity contribution in [3.8, 4) is 0 Å². The van der Waals surface area contributed by atoms with Gasteiger partial charge in [-0.25, -0.2) is 9.97 Å². The highest BCUT2D eigenvalue weighted by Crippen LogP contribution is 2.28. The summed E-state index contributed by atoms with van der Waals surface area (Å²) in [5.41, 5.74) is 0. The van der Waals surface area contributed by atoms with Crippen LogP contribution in [0, 0.1) is 5.92 Å². The van der Waals surface area contributed by atoms with Gasteiger partial charge in [0.15, 0.2) is 0 Å². The topological polar surface area (TPSA) is 75.1 Å². The first-order chi connectivity index (χ1) is 9.60. The molecule has 0 aliphatic rings. The van der Waals surface area contributed by atoms with Crippen molar-refractivity contribution in [2.24, 2.45) is 5.92 Å². The molecular formula is C14H19N3O2S. The Morgan fingerprint density at radius 3 is 3.00 bits per heavy atom. The molecule has 1 unspecified atom stereocenters. The first-order valence-electron chi connectivity index (χ1n) is 6.79. The van der Waals surface area contributed by atoms with Gasteiger partial charge in [0.1, 0.15) is 17.0 Å². The summed E-state index contributed by atoms with van der Waals surface area (Å²) in [5, 5.41) is 13.0. The van der Waals surface area contributed by atoms with E-state index in [-0.39, 0.29) is 6.42 Å². The molecular weight excluding hydrogens is 274 g/mol. The van der Waals surface area contributed by atoms with E-state index in [9.17, 15) is 4.79 Å². The number of thiophene rings is 1. The van der Waals surface area contributed by atoms with Crippen LogP contribution in [0.15, 0.2) is 12.4 Å². The maximum absolute atomic E-state index is 10.5. The normalized spacial score (nSPS) is 12.5. The van der Waals surface area contributed by atoms with E-state index in [1.54, 1.807) is 17.7 Å². The third-order valence-corrected chi connectivity index (χ3v) is 4.39. The zero-order valence-corrected chi connectivity index (χ0v) is 12.5. The SMILES string of the molecule is CCc1cc2c(NCC(C)CCC(=O)O)ncnc2s1. The highest BCUT2D eigenvalue weighted by atomic mass is 32.1. The van der Waals surface area contributed by atoms with Crippen LogP contribution in [0.5, 0.6) is 0 Å². The molecule has 0 radical (unpaired) electrons. The summed E-state index contributed by atoms with van der Waals surface area (Å²) in [4.78, 5) is 21.4. The average Bonchev–Trinajstić information content (AvgIpc) is 2.86. The second kappa shape index (κ2) is 6.65. The van der Waals surface area contributed by atoms with Crippen molar-refractivity contribution in [3.63, 3.8) is 0 Å². The van der Waals surface area contributed by atoms with Crippen LogP contribution in [0.2, 0.25) is 0 Å². The summed E-state index contributed by atoms with van der Waals surface area (Å²) in [6, 6.07) is 2.13. The van der Waals surface area contributed by atoms with E-state index in [0.717, 1.165) is 29.0 Å². The molecule has 0 aromatic carbocycles. The molecule has 2 heterocycles. The number of aromatic nitrogens is 2. The molecule has 1 atom stereocenters. The molecule has 2 rings (SSSR count). The molecule has 5 nitrogen and oxygen atoms in total. The van der Waals surface area contributed by atoms with Gasteiger partial charge in [-0.2, -0.15) is 0 Å². The molecule has 2 aromatic heterocycles. The van der Waals surface area contributed by atoms with Crippen LogP contribution in [0.3, 0.4) is 0 Å². The Balaban J connectivity index is 2.02. The van der Waals surface area contributed by atoms with Gasteiger partial charge < -0.3 is 10.4 Å². The lowest BCUT2D eigenvalue weighted by Gasteiger charge is -2.12. The van der Waals surface area contributed by atoms with Crippen LogP contribution in [-0.4, -0.2) is 27.6 Å². The van der Waals surface area contributed by atoms with Gasteiger partial charge in [-0.1, -0.05) is 13.8 Å². The fourth-order valence-electron chi connectivity index (χ4n) is 1.96. The molecule has 0 bridgehead atoms. The smallest absolute Gasteiger partial charge is 0.303 e. The number of anilines is 1. The summed E-state index contributed by atoms with van der Waals surface area (Å²) in [5.74, 6) is 0.389. The molecule has 6 heteroatoms. The summed E-state index contributed by atoms with van der Waals surface area (Å²) in [6.07, 6.45) is 3.44. The fraction of sp³-hybridized carbons (Fsp3) is 0.500. The Morgan fingerprint density at radius 2 is 2.30 bits per heavy atom. The number of hydrogen-bond acceptors (Lipinski definition) is 5. The summed E-state index contributed by atoms with van der Waals surface area (Å²) in [6.45, 7) is 4.88. The summed E-state index contributed by atoms with van der Waals surface area (Å²) in [7, 11) is 0. The average molecular weight is 293 g/mol. The van der Waals surface area contributed by atoms with Gasteiger partial charge in [-0.15, -0.1) is 11.3 Å². The Bertz CT molecular complexity index is 597. The molecule has 0 fully saturated rings. The van der Waals surface area contributed by atoms with Gasteiger partial charge in [0, 0.05) is 17.8 Å². The first-order valence-corrected chi connectivity index (χ1v) is 7.61. The second-order valence-electron chi connectivity index (χ2n) is 4.93. The summed E-state index contributed by atoms with van der Waals surface area (Å²) < 4.78 is 0. The number of nitrogens with zero attached hydrogens (tertiary/aromatic N) is 2. The van der Waals surface area contributed by atoms with Crippen molar-refractivity contribution in [3.05, 3.63) is 17.3 Å². The van der Waals surface area contributed by atoms with Crippen molar-refractivity contribution >= 4 is 33.3 Å². The highest BCUT2D eigenvalue weighted by molar-refractivity contribution is 7.18. The van der Waals surface area contributed by atoms with Gasteiger partial charge >= 0.3 is 5.97 Å². The molecule has 108 valence electrons.